The van der Waals surface area contributed by atoms with Crippen LogP contribution in [0.2, 0.25) is 0 Å². The summed E-state index contributed by atoms with van der Waals surface area (Å²) < 4.78 is 0. The highest BCUT2D eigenvalue weighted by molar-refractivity contribution is 5.76. The normalized spacial score (nSPS) is 22.2. The molecule has 1 amide bonds. The summed E-state index contributed by atoms with van der Waals surface area (Å²) in [5, 5.41) is 3.11. The Morgan fingerprint density at radius 3 is 2.62 bits per heavy atom. The fraction of sp³-hybridized carbons (Fsp3) is 0.941. The van der Waals surface area contributed by atoms with Crippen molar-refractivity contribution in [3.63, 3.8) is 0 Å². The molecule has 0 aromatic carbocycles. The van der Waals surface area contributed by atoms with Crippen molar-refractivity contribution in [2.24, 2.45) is 5.92 Å². The van der Waals surface area contributed by atoms with E-state index in [0.717, 1.165) is 44.9 Å². The van der Waals surface area contributed by atoms with E-state index in [-0.39, 0.29) is 0 Å². The van der Waals surface area contributed by atoms with Gasteiger partial charge in [-0.25, -0.2) is 0 Å². The average molecular weight is 295 g/mol. The summed E-state index contributed by atoms with van der Waals surface area (Å²) in [6.45, 7) is 6.35. The number of nitrogens with one attached hydrogen (secondary N) is 1. The molecule has 0 aromatic rings. The van der Waals surface area contributed by atoms with Gasteiger partial charge in [-0.05, 0) is 51.7 Å². The predicted molar refractivity (Wildman–Crippen MR) is 87.4 cm³/mol. The highest BCUT2D eigenvalue weighted by atomic mass is 16.2. The molecule has 4 heteroatoms. The molecule has 0 spiro atoms. The van der Waals surface area contributed by atoms with Crippen LogP contribution < -0.4 is 5.32 Å². The van der Waals surface area contributed by atoms with Crippen LogP contribution in [-0.4, -0.2) is 62.0 Å². The number of nitrogens with zero attached hydrogens (tertiary/aromatic N) is 2. The second kappa shape index (κ2) is 9.42. The van der Waals surface area contributed by atoms with Crippen LogP contribution in [0, 0.1) is 5.92 Å². The van der Waals surface area contributed by atoms with Crippen molar-refractivity contribution in [3.05, 3.63) is 0 Å². The second-order valence-electron chi connectivity index (χ2n) is 6.75. The first-order valence-corrected chi connectivity index (χ1v) is 8.94. The van der Waals surface area contributed by atoms with Crippen LogP contribution in [0.5, 0.6) is 0 Å². The number of carbonyl (C=O) groups is 1. The summed E-state index contributed by atoms with van der Waals surface area (Å²) in [5.41, 5.74) is 0. The Morgan fingerprint density at radius 1 is 1.05 bits per heavy atom. The number of hydrogen-bond acceptors (Lipinski definition) is 3. The zero-order valence-electron chi connectivity index (χ0n) is 13.8. The van der Waals surface area contributed by atoms with Gasteiger partial charge in [-0.3, -0.25) is 4.79 Å². The van der Waals surface area contributed by atoms with Gasteiger partial charge < -0.3 is 15.1 Å². The molecular weight excluding hydrogens is 262 g/mol. The zero-order chi connectivity index (χ0) is 14.9. The van der Waals surface area contributed by atoms with Gasteiger partial charge in [0.05, 0.1) is 0 Å². The lowest BCUT2D eigenvalue weighted by atomic mass is 9.89. The third kappa shape index (κ3) is 5.95. The Morgan fingerprint density at radius 2 is 1.86 bits per heavy atom. The summed E-state index contributed by atoms with van der Waals surface area (Å²) in [6, 6.07) is 0. The average Bonchev–Trinajstić information content (AvgIpc) is 2.74. The van der Waals surface area contributed by atoms with E-state index in [4.69, 9.17) is 0 Å². The van der Waals surface area contributed by atoms with E-state index < -0.39 is 0 Å². The zero-order valence-corrected chi connectivity index (χ0v) is 13.8. The van der Waals surface area contributed by atoms with Crippen molar-refractivity contribution in [1.29, 1.82) is 0 Å². The summed E-state index contributed by atoms with van der Waals surface area (Å²) in [5.74, 6) is 1.27. The Balaban J connectivity index is 1.69. The Labute approximate surface area is 130 Å². The Kier molecular flexibility index (Phi) is 7.51. The van der Waals surface area contributed by atoms with Crippen LogP contribution in [0.4, 0.5) is 0 Å². The van der Waals surface area contributed by atoms with Gasteiger partial charge in [0.1, 0.15) is 0 Å². The minimum atomic E-state index is 0.352. The van der Waals surface area contributed by atoms with Crippen LogP contribution in [0.15, 0.2) is 0 Å². The maximum absolute atomic E-state index is 12.2. The van der Waals surface area contributed by atoms with Gasteiger partial charge in [0.15, 0.2) is 0 Å². The molecule has 0 radical (unpaired) electrons. The summed E-state index contributed by atoms with van der Waals surface area (Å²) in [4.78, 5) is 16.9. The van der Waals surface area contributed by atoms with E-state index in [1.807, 2.05) is 7.05 Å². The lowest BCUT2D eigenvalue weighted by Crippen LogP contribution is -2.37. The minimum absolute atomic E-state index is 0.352. The van der Waals surface area contributed by atoms with Crippen molar-refractivity contribution < 1.29 is 4.79 Å². The van der Waals surface area contributed by atoms with Gasteiger partial charge in [-0.1, -0.05) is 19.3 Å². The van der Waals surface area contributed by atoms with Gasteiger partial charge >= 0.3 is 0 Å². The fourth-order valence-corrected chi connectivity index (χ4v) is 3.71. The lowest BCUT2D eigenvalue weighted by molar-refractivity contribution is -0.131. The monoisotopic (exact) mass is 295 g/mol. The molecule has 2 rings (SSSR count). The lowest BCUT2D eigenvalue weighted by Gasteiger charge is -2.28. The summed E-state index contributed by atoms with van der Waals surface area (Å²) in [6.07, 6.45) is 9.92. The van der Waals surface area contributed by atoms with Crippen LogP contribution in [0.25, 0.3) is 0 Å². The van der Waals surface area contributed by atoms with Gasteiger partial charge in [0.25, 0.3) is 0 Å². The van der Waals surface area contributed by atoms with Gasteiger partial charge in [0.2, 0.25) is 5.91 Å². The molecule has 0 aromatic heterocycles. The molecule has 4 nitrogen and oxygen atoms in total. The minimum Gasteiger partial charge on any atom is -0.341 e. The van der Waals surface area contributed by atoms with E-state index >= 15 is 0 Å². The highest BCUT2D eigenvalue weighted by Crippen LogP contribution is 2.24. The molecular formula is C17H33N3O. The van der Waals surface area contributed by atoms with E-state index in [1.54, 1.807) is 0 Å². The Bertz CT molecular complexity index is 302. The van der Waals surface area contributed by atoms with Crippen LogP contribution in [0.1, 0.15) is 51.4 Å². The van der Waals surface area contributed by atoms with E-state index in [1.165, 1.54) is 45.2 Å². The summed E-state index contributed by atoms with van der Waals surface area (Å²) >= 11 is 0. The molecule has 0 atom stereocenters. The molecule has 0 bridgehead atoms. The standard InChI is InChI=1S/C17H33N3O/c1-18-10-5-9-17(21)20-12-6-11-19(13-14-20)15-16-7-3-2-4-8-16/h16,18H,2-15H2,1H3. The smallest absolute Gasteiger partial charge is 0.222 e. The molecule has 1 N–H and O–H groups in total. The van der Waals surface area contributed by atoms with Gasteiger partial charge in [0, 0.05) is 32.6 Å². The quantitative estimate of drug-likeness (QED) is 0.762. The van der Waals surface area contributed by atoms with Crippen LogP contribution >= 0.6 is 0 Å². The first-order valence-electron chi connectivity index (χ1n) is 8.94. The third-order valence-corrected chi connectivity index (χ3v) is 5.00. The molecule has 1 aliphatic carbocycles. The third-order valence-electron chi connectivity index (χ3n) is 5.00. The molecule has 1 saturated carbocycles. The molecule has 1 saturated heterocycles. The Hall–Kier alpha value is -0.610. The number of rotatable bonds is 6. The van der Waals surface area contributed by atoms with E-state index in [2.05, 4.69) is 15.1 Å². The maximum atomic E-state index is 12.2. The van der Waals surface area contributed by atoms with Gasteiger partial charge in [-0.15, -0.1) is 0 Å². The van der Waals surface area contributed by atoms with Crippen molar-refractivity contribution >= 4 is 5.91 Å². The second-order valence-corrected chi connectivity index (χ2v) is 6.75. The molecule has 1 aliphatic heterocycles. The largest absolute Gasteiger partial charge is 0.341 e. The topological polar surface area (TPSA) is 35.6 Å². The summed E-state index contributed by atoms with van der Waals surface area (Å²) in [7, 11) is 1.94. The molecule has 122 valence electrons. The van der Waals surface area contributed by atoms with Crippen molar-refractivity contribution in [2.75, 3.05) is 46.3 Å². The SMILES string of the molecule is CNCCCC(=O)N1CCCN(CC2CCCCC2)CC1. The van der Waals surface area contributed by atoms with Crippen molar-refractivity contribution in [3.8, 4) is 0 Å². The molecule has 2 fully saturated rings. The van der Waals surface area contributed by atoms with Crippen LogP contribution in [-0.2, 0) is 4.79 Å². The first-order chi connectivity index (χ1) is 10.3. The number of amides is 1. The number of hydrogen-bond donors (Lipinski definition) is 1. The van der Waals surface area contributed by atoms with E-state index in [9.17, 15) is 4.79 Å². The molecule has 0 unspecified atom stereocenters. The molecule has 1 heterocycles. The predicted octanol–water partition coefficient (Wildman–Crippen LogP) is 2.10. The van der Waals surface area contributed by atoms with Crippen molar-refractivity contribution in [1.82, 2.24) is 15.1 Å². The molecule has 2 aliphatic rings. The number of carbonyl (C=O) groups excluding carboxylic acids is 1. The van der Waals surface area contributed by atoms with Crippen molar-refractivity contribution in [2.45, 2.75) is 51.4 Å². The first kappa shape index (κ1) is 16.8. The fourth-order valence-electron chi connectivity index (χ4n) is 3.71. The maximum Gasteiger partial charge on any atom is 0.222 e. The van der Waals surface area contributed by atoms with Crippen LogP contribution in [0.3, 0.4) is 0 Å². The van der Waals surface area contributed by atoms with E-state index in [0.29, 0.717) is 12.3 Å². The molecule has 21 heavy (non-hydrogen) atoms. The highest BCUT2D eigenvalue weighted by Gasteiger charge is 2.21. The van der Waals surface area contributed by atoms with Gasteiger partial charge in [-0.2, -0.15) is 0 Å².